The second-order valence-corrected chi connectivity index (χ2v) is 9.28. The Kier molecular flexibility index (Phi) is 6.60. The predicted octanol–water partition coefficient (Wildman–Crippen LogP) is 2.44. The highest BCUT2D eigenvalue weighted by Gasteiger charge is 2.39. The lowest BCUT2D eigenvalue weighted by Gasteiger charge is -2.39. The minimum atomic E-state index is -0.132. The van der Waals surface area contributed by atoms with Gasteiger partial charge in [0.05, 0.1) is 6.04 Å². The third-order valence-corrected chi connectivity index (χ3v) is 7.02. The molecule has 3 atom stereocenters. The van der Waals surface area contributed by atoms with Crippen molar-refractivity contribution in [2.75, 3.05) is 44.6 Å². The van der Waals surface area contributed by atoms with Gasteiger partial charge in [-0.1, -0.05) is 6.92 Å². The van der Waals surface area contributed by atoms with Crippen LogP contribution in [0.5, 0.6) is 0 Å². The first kappa shape index (κ1) is 21.8. The number of carbonyl (C=O) groups excluding carboxylic acids is 3. The number of piperidine rings is 1. The van der Waals surface area contributed by atoms with Gasteiger partial charge in [0.15, 0.2) is 0 Å². The Bertz CT molecular complexity index is 811. The summed E-state index contributed by atoms with van der Waals surface area (Å²) in [6.07, 6.45) is 4.37. The lowest BCUT2D eigenvalue weighted by atomic mass is 10.1. The van der Waals surface area contributed by atoms with Gasteiger partial charge in [-0.25, -0.2) is 0 Å². The van der Waals surface area contributed by atoms with E-state index < -0.39 is 0 Å². The Hall–Kier alpha value is -2.41. The largest absolute Gasteiger partial charge is 0.341 e. The summed E-state index contributed by atoms with van der Waals surface area (Å²) in [6, 6.07) is 7.03. The second-order valence-electron chi connectivity index (χ2n) is 9.28. The van der Waals surface area contributed by atoms with Crippen molar-refractivity contribution in [2.24, 2.45) is 11.8 Å². The van der Waals surface area contributed by atoms with E-state index in [0.29, 0.717) is 37.7 Å². The van der Waals surface area contributed by atoms with Gasteiger partial charge >= 0.3 is 0 Å². The van der Waals surface area contributed by atoms with Crippen LogP contribution < -0.4 is 5.32 Å². The smallest absolute Gasteiger partial charge is 0.253 e. The number of rotatable bonds is 5. The molecule has 0 aromatic heterocycles. The van der Waals surface area contributed by atoms with Crippen LogP contribution in [0.25, 0.3) is 0 Å². The van der Waals surface area contributed by atoms with E-state index in [-0.39, 0.29) is 29.7 Å². The van der Waals surface area contributed by atoms with E-state index in [0.717, 1.165) is 38.0 Å². The van der Waals surface area contributed by atoms with E-state index in [1.165, 1.54) is 6.42 Å². The molecule has 1 aromatic rings. The zero-order valence-electron chi connectivity index (χ0n) is 18.7. The highest BCUT2D eigenvalue weighted by Crippen LogP contribution is 2.38. The van der Waals surface area contributed by atoms with Crippen LogP contribution in [-0.4, -0.2) is 77.7 Å². The molecule has 0 spiro atoms. The Morgan fingerprint density at radius 2 is 1.52 bits per heavy atom. The van der Waals surface area contributed by atoms with E-state index in [1.807, 2.05) is 16.7 Å². The molecule has 168 valence electrons. The number of hydrogen-bond acceptors (Lipinski definition) is 4. The lowest BCUT2D eigenvalue weighted by Crippen LogP contribution is -2.56. The van der Waals surface area contributed by atoms with E-state index in [9.17, 15) is 14.4 Å². The van der Waals surface area contributed by atoms with Gasteiger partial charge in [0, 0.05) is 56.4 Å². The van der Waals surface area contributed by atoms with Crippen LogP contribution in [0.3, 0.4) is 0 Å². The van der Waals surface area contributed by atoms with Crippen LogP contribution in [0.4, 0.5) is 5.69 Å². The van der Waals surface area contributed by atoms with E-state index in [1.54, 1.807) is 24.3 Å². The fraction of sp³-hybridized carbons (Fsp3) is 0.625. The van der Waals surface area contributed by atoms with Crippen LogP contribution in [0.15, 0.2) is 24.3 Å². The van der Waals surface area contributed by atoms with Gasteiger partial charge in [-0.15, -0.1) is 0 Å². The molecule has 7 heteroatoms. The third kappa shape index (κ3) is 5.09. The van der Waals surface area contributed by atoms with Crippen molar-refractivity contribution in [3.05, 3.63) is 29.8 Å². The summed E-state index contributed by atoms with van der Waals surface area (Å²) in [5.41, 5.74) is 1.36. The van der Waals surface area contributed by atoms with E-state index >= 15 is 0 Å². The van der Waals surface area contributed by atoms with Crippen LogP contribution >= 0.6 is 0 Å². The van der Waals surface area contributed by atoms with Crippen LogP contribution in [0.1, 0.15) is 49.9 Å². The molecule has 1 saturated carbocycles. The second kappa shape index (κ2) is 9.39. The SMILES string of the molecule is CC1CC1C(=O)Nc1ccc(C(=O)N2CCN(C(C)C(=O)N3CCCCC3)CC2)cc1. The molecule has 7 nitrogen and oxygen atoms in total. The number of piperazine rings is 1. The molecule has 3 fully saturated rings. The highest BCUT2D eigenvalue weighted by molar-refractivity contribution is 5.97. The van der Waals surface area contributed by atoms with Gasteiger partial charge in [-0.2, -0.15) is 0 Å². The van der Waals surface area contributed by atoms with Gasteiger partial charge in [0.2, 0.25) is 11.8 Å². The summed E-state index contributed by atoms with van der Waals surface area (Å²) in [4.78, 5) is 43.8. The third-order valence-electron chi connectivity index (χ3n) is 7.02. The Morgan fingerprint density at radius 3 is 2.10 bits per heavy atom. The summed E-state index contributed by atoms with van der Waals surface area (Å²) >= 11 is 0. The summed E-state index contributed by atoms with van der Waals surface area (Å²) < 4.78 is 0. The van der Waals surface area contributed by atoms with Crippen molar-refractivity contribution >= 4 is 23.4 Å². The molecule has 3 amide bonds. The number of carbonyl (C=O) groups is 3. The minimum absolute atomic E-state index is 0.00310. The molecule has 2 heterocycles. The fourth-order valence-corrected chi connectivity index (χ4v) is 4.65. The number of anilines is 1. The number of likely N-dealkylation sites (tertiary alicyclic amines) is 1. The molecular formula is C24H34N4O3. The first-order valence-electron chi connectivity index (χ1n) is 11.7. The van der Waals surface area contributed by atoms with Crippen molar-refractivity contribution in [1.82, 2.24) is 14.7 Å². The topological polar surface area (TPSA) is 73.0 Å². The molecule has 0 bridgehead atoms. The van der Waals surface area contributed by atoms with Crippen molar-refractivity contribution in [2.45, 2.75) is 45.6 Å². The molecule has 1 aromatic carbocycles. The molecule has 2 saturated heterocycles. The number of nitrogens with zero attached hydrogens (tertiary/aromatic N) is 3. The predicted molar refractivity (Wildman–Crippen MR) is 120 cm³/mol. The molecule has 1 N–H and O–H groups in total. The highest BCUT2D eigenvalue weighted by atomic mass is 16.2. The van der Waals surface area contributed by atoms with Crippen molar-refractivity contribution in [3.63, 3.8) is 0 Å². The number of amides is 3. The molecule has 4 rings (SSSR count). The fourth-order valence-electron chi connectivity index (χ4n) is 4.65. The van der Waals surface area contributed by atoms with Gasteiger partial charge < -0.3 is 15.1 Å². The zero-order valence-corrected chi connectivity index (χ0v) is 18.7. The first-order valence-corrected chi connectivity index (χ1v) is 11.7. The van der Waals surface area contributed by atoms with Gasteiger partial charge in [0.1, 0.15) is 0 Å². The molecule has 1 aliphatic carbocycles. The summed E-state index contributed by atoms with van der Waals surface area (Å²) in [5, 5.41) is 2.93. The Balaban J connectivity index is 1.26. The minimum Gasteiger partial charge on any atom is -0.341 e. The maximum atomic E-state index is 12.9. The van der Waals surface area contributed by atoms with Gasteiger partial charge in [-0.05, 0) is 62.8 Å². The zero-order chi connectivity index (χ0) is 22.0. The number of nitrogens with one attached hydrogen (secondary N) is 1. The van der Waals surface area contributed by atoms with Crippen LogP contribution in [-0.2, 0) is 9.59 Å². The van der Waals surface area contributed by atoms with Crippen molar-refractivity contribution in [1.29, 1.82) is 0 Å². The molecule has 2 aliphatic heterocycles. The van der Waals surface area contributed by atoms with Crippen molar-refractivity contribution < 1.29 is 14.4 Å². The summed E-state index contributed by atoms with van der Waals surface area (Å²) in [7, 11) is 0. The molecule has 0 radical (unpaired) electrons. The van der Waals surface area contributed by atoms with E-state index in [4.69, 9.17) is 0 Å². The average Bonchev–Trinajstić information content (AvgIpc) is 3.55. The van der Waals surface area contributed by atoms with Gasteiger partial charge in [0.25, 0.3) is 5.91 Å². The summed E-state index contributed by atoms with van der Waals surface area (Å²) in [5.74, 6) is 0.885. The molecular weight excluding hydrogens is 392 g/mol. The monoisotopic (exact) mass is 426 g/mol. The van der Waals surface area contributed by atoms with Crippen LogP contribution in [0, 0.1) is 11.8 Å². The Labute approximate surface area is 184 Å². The average molecular weight is 427 g/mol. The first-order chi connectivity index (χ1) is 14.9. The molecule has 31 heavy (non-hydrogen) atoms. The quantitative estimate of drug-likeness (QED) is 0.785. The Morgan fingerprint density at radius 1 is 0.903 bits per heavy atom. The van der Waals surface area contributed by atoms with E-state index in [2.05, 4.69) is 17.1 Å². The maximum absolute atomic E-state index is 12.9. The molecule has 3 unspecified atom stereocenters. The van der Waals surface area contributed by atoms with Crippen molar-refractivity contribution in [3.8, 4) is 0 Å². The van der Waals surface area contributed by atoms with Gasteiger partial charge in [-0.3, -0.25) is 19.3 Å². The lowest BCUT2D eigenvalue weighted by molar-refractivity contribution is -0.137. The van der Waals surface area contributed by atoms with Crippen LogP contribution in [0.2, 0.25) is 0 Å². The summed E-state index contributed by atoms with van der Waals surface area (Å²) in [6.45, 7) is 8.47. The number of benzene rings is 1. The maximum Gasteiger partial charge on any atom is 0.253 e. The number of hydrogen-bond donors (Lipinski definition) is 1. The normalized spacial score (nSPS) is 25.1. The molecule has 3 aliphatic rings. The standard InChI is InChI=1S/C24H34N4O3/c1-17-16-21(17)22(29)25-20-8-6-19(7-9-20)24(31)28-14-12-26(13-15-28)18(2)23(30)27-10-4-3-5-11-27/h6-9,17-18,21H,3-5,10-16H2,1-2H3,(H,25,29).